The molecular weight excluding hydrogens is 276 g/mol. The monoisotopic (exact) mass is 296 g/mol. The molecule has 2 amide bonds. The van der Waals surface area contributed by atoms with Crippen molar-refractivity contribution in [1.82, 2.24) is 10.2 Å². The number of carbonyl (C=O) groups excluding carboxylic acids is 1. The van der Waals surface area contributed by atoms with Gasteiger partial charge in [-0.05, 0) is 38.0 Å². The summed E-state index contributed by atoms with van der Waals surface area (Å²) in [6.45, 7) is 6.06. The molecule has 1 heterocycles. The van der Waals surface area contributed by atoms with E-state index < -0.39 is 0 Å². The maximum Gasteiger partial charge on any atom is 0.317 e. The molecule has 1 aliphatic heterocycles. The zero-order chi connectivity index (χ0) is 14.5. The van der Waals surface area contributed by atoms with Crippen LogP contribution in [0.15, 0.2) is 24.3 Å². The van der Waals surface area contributed by atoms with Gasteiger partial charge in [-0.3, -0.25) is 0 Å². The van der Waals surface area contributed by atoms with Crippen molar-refractivity contribution < 1.29 is 9.53 Å². The van der Waals surface area contributed by atoms with Crippen LogP contribution in [0.25, 0.3) is 0 Å². The Hall–Kier alpha value is -1.26. The van der Waals surface area contributed by atoms with Gasteiger partial charge in [0.25, 0.3) is 0 Å². The van der Waals surface area contributed by atoms with Crippen LogP contribution in [0.2, 0.25) is 5.02 Å². The summed E-state index contributed by atoms with van der Waals surface area (Å²) in [7, 11) is 0. The molecule has 110 valence electrons. The number of amides is 2. The van der Waals surface area contributed by atoms with E-state index >= 15 is 0 Å². The number of nitrogens with zero attached hydrogens (tertiary/aromatic N) is 1. The maximum atomic E-state index is 12.3. The van der Waals surface area contributed by atoms with E-state index in [4.69, 9.17) is 16.3 Å². The van der Waals surface area contributed by atoms with Crippen LogP contribution in [0.5, 0.6) is 0 Å². The van der Waals surface area contributed by atoms with Gasteiger partial charge >= 0.3 is 6.03 Å². The van der Waals surface area contributed by atoms with E-state index in [1.807, 2.05) is 43.0 Å². The molecule has 1 aromatic rings. The summed E-state index contributed by atoms with van der Waals surface area (Å²) < 4.78 is 5.55. The zero-order valence-electron chi connectivity index (χ0n) is 11.9. The summed E-state index contributed by atoms with van der Waals surface area (Å²) >= 11 is 5.87. The predicted molar refractivity (Wildman–Crippen MR) is 80.0 cm³/mol. The van der Waals surface area contributed by atoms with Gasteiger partial charge in [0.2, 0.25) is 0 Å². The summed E-state index contributed by atoms with van der Waals surface area (Å²) in [5, 5.41) is 3.72. The molecule has 5 heteroatoms. The fourth-order valence-corrected chi connectivity index (χ4v) is 2.42. The molecule has 2 rings (SSSR count). The Bertz CT molecular complexity index is 450. The number of carbonyl (C=O) groups is 1. The van der Waals surface area contributed by atoms with Crippen molar-refractivity contribution in [2.75, 3.05) is 19.7 Å². The molecule has 0 saturated carbocycles. The van der Waals surface area contributed by atoms with Crippen molar-refractivity contribution in [2.24, 2.45) is 0 Å². The third-order valence-electron chi connectivity index (χ3n) is 3.45. The molecule has 2 atom stereocenters. The van der Waals surface area contributed by atoms with Crippen LogP contribution >= 0.6 is 11.6 Å². The molecule has 1 N–H and O–H groups in total. The number of hydrogen-bond acceptors (Lipinski definition) is 2. The van der Waals surface area contributed by atoms with Crippen LogP contribution in [0.3, 0.4) is 0 Å². The molecule has 20 heavy (non-hydrogen) atoms. The quantitative estimate of drug-likeness (QED) is 0.910. The van der Waals surface area contributed by atoms with Crippen LogP contribution in [0.1, 0.15) is 31.9 Å². The lowest BCUT2D eigenvalue weighted by Gasteiger charge is -2.25. The number of hydrogen-bond donors (Lipinski definition) is 1. The zero-order valence-corrected chi connectivity index (χ0v) is 12.7. The molecule has 0 bridgehead atoms. The SMILES string of the molecule is C[C@@H]1CN(C(=O)N[C@H](C)c2ccc(Cl)cc2)CCCO1. The smallest absolute Gasteiger partial charge is 0.317 e. The Kier molecular flexibility index (Phi) is 5.26. The van der Waals surface area contributed by atoms with E-state index in [-0.39, 0.29) is 18.2 Å². The van der Waals surface area contributed by atoms with Gasteiger partial charge in [0, 0.05) is 24.7 Å². The van der Waals surface area contributed by atoms with Crippen LogP contribution in [-0.4, -0.2) is 36.7 Å². The fourth-order valence-electron chi connectivity index (χ4n) is 2.29. The minimum absolute atomic E-state index is 0.0372. The van der Waals surface area contributed by atoms with E-state index in [0.29, 0.717) is 11.6 Å². The van der Waals surface area contributed by atoms with Crippen molar-refractivity contribution in [1.29, 1.82) is 0 Å². The van der Waals surface area contributed by atoms with Gasteiger partial charge < -0.3 is 15.0 Å². The van der Waals surface area contributed by atoms with E-state index in [2.05, 4.69) is 5.32 Å². The van der Waals surface area contributed by atoms with E-state index in [0.717, 1.165) is 25.1 Å². The van der Waals surface area contributed by atoms with Gasteiger partial charge in [0.15, 0.2) is 0 Å². The third kappa shape index (κ3) is 4.12. The first-order valence-corrected chi connectivity index (χ1v) is 7.36. The molecule has 1 aromatic carbocycles. The second-order valence-electron chi connectivity index (χ2n) is 5.20. The van der Waals surface area contributed by atoms with Gasteiger partial charge in [0.1, 0.15) is 0 Å². The second kappa shape index (κ2) is 6.95. The van der Waals surface area contributed by atoms with Crippen molar-refractivity contribution in [3.63, 3.8) is 0 Å². The number of urea groups is 1. The largest absolute Gasteiger partial charge is 0.377 e. The van der Waals surface area contributed by atoms with E-state index in [9.17, 15) is 4.79 Å². The molecule has 4 nitrogen and oxygen atoms in total. The molecule has 1 saturated heterocycles. The Morgan fingerprint density at radius 3 is 2.85 bits per heavy atom. The summed E-state index contributed by atoms with van der Waals surface area (Å²) in [5.74, 6) is 0. The number of rotatable bonds is 2. The lowest BCUT2D eigenvalue weighted by atomic mass is 10.1. The average Bonchev–Trinajstić information content (AvgIpc) is 2.64. The van der Waals surface area contributed by atoms with Gasteiger partial charge in [0.05, 0.1) is 12.1 Å². The average molecular weight is 297 g/mol. The standard InChI is InChI=1S/C15H21ClN2O2/c1-11-10-18(8-3-9-20-11)15(19)17-12(2)13-4-6-14(16)7-5-13/h4-7,11-12H,3,8-10H2,1-2H3,(H,17,19)/t11-,12-/m1/s1. The van der Waals surface area contributed by atoms with Crippen molar-refractivity contribution >= 4 is 17.6 Å². The molecule has 0 spiro atoms. The third-order valence-corrected chi connectivity index (χ3v) is 3.70. The number of benzene rings is 1. The van der Waals surface area contributed by atoms with Gasteiger partial charge in [-0.2, -0.15) is 0 Å². The number of nitrogens with one attached hydrogen (secondary N) is 1. The van der Waals surface area contributed by atoms with Gasteiger partial charge in [-0.15, -0.1) is 0 Å². The van der Waals surface area contributed by atoms with Gasteiger partial charge in [-0.1, -0.05) is 23.7 Å². The molecule has 0 aromatic heterocycles. The Labute approximate surface area is 125 Å². The first-order valence-electron chi connectivity index (χ1n) is 6.99. The van der Waals surface area contributed by atoms with Gasteiger partial charge in [-0.25, -0.2) is 4.79 Å². The van der Waals surface area contributed by atoms with Crippen molar-refractivity contribution in [3.05, 3.63) is 34.9 Å². The molecule has 0 radical (unpaired) electrons. The van der Waals surface area contributed by atoms with Crippen LogP contribution < -0.4 is 5.32 Å². The Balaban J connectivity index is 1.94. The summed E-state index contributed by atoms with van der Waals surface area (Å²) in [4.78, 5) is 14.1. The lowest BCUT2D eigenvalue weighted by molar-refractivity contribution is 0.0709. The minimum Gasteiger partial charge on any atom is -0.377 e. The van der Waals surface area contributed by atoms with Crippen LogP contribution in [0.4, 0.5) is 4.79 Å². The van der Waals surface area contributed by atoms with Crippen molar-refractivity contribution in [3.8, 4) is 0 Å². The second-order valence-corrected chi connectivity index (χ2v) is 5.64. The fraction of sp³-hybridized carbons (Fsp3) is 0.533. The van der Waals surface area contributed by atoms with Crippen LogP contribution in [-0.2, 0) is 4.74 Å². The summed E-state index contributed by atoms with van der Waals surface area (Å²) in [6.07, 6.45) is 0.974. The van der Waals surface area contributed by atoms with E-state index in [1.54, 1.807) is 0 Å². The summed E-state index contributed by atoms with van der Waals surface area (Å²) in [6, 6.07) is 7.45. The van der Waals surface area contributed by atoms with Crippen LogP contribution in [0, 0.1) is 0 Å². The number of halogens is 1. The summed E-state index contributed by atoms with van der Waals surface area (Å²) in [5.41, 5.74) is 1.04. The Morgan fingerprint density at radius 2 is 2.15 bits per heavy atom. The molecule has 1 fully saturated rings. The van der Waals surface area contributed by atoms with E-state index in [1.165, 1.54) is 0 Å². The number of ether oxygens (including phenoxy) is 1. The molecule has 0 aliphatic carbocycles. The lowest BCUT2D eigenvalue weighted by Crippen LogP contribution is -2.43. The highest BCUT2D eigenvalue weighted by Crippen LogP contribution is 2.16. The first kappa shape index (κ1) is 15.1. The van der Waals surface area contributed by atoms with Crippen molar-refractivity contribution in [2.45, 2.75) is 32.4 Å². The highest BCUT2D eigenvalue weighted by molar-refractivity contribution is 6.30. The Morgan fingerprint density at radius 1 is 1.45 bits per heavy atom. The molecule has 1 aliphatic rings. The topological polar surface area (TPSA) is 41.6 Å². The first-order chi connectivity index (χ1) is 9.56. The molecule has 0 unspecified atom stereocenters. The highest BCUT2D eigenvalue weighted by Gasteiger charge is 2.21. The molecular formula is C15H21ClN2O2. The predicted octanol–water partition coefficient (Wildman–Crippen LogP) is 3.22. The minimum atomic E-state index is -0.0424. The highest BCUT2D eigenvalue weighted by atomic mass is 35.5. The normalized spacial score (nSPS) is 21.1. The maximum absolute atomic E-state index is 12.3.